The number of hydrogen-bond acceptors (Lipinski definition) is 4. The fourth-order valence-corrected chi connectivity index (χ4v) is 3.27. The Morgan fingerprint density at radius 2 is 2.23 bits per heavy atom. The summed E-state index contributed by atoms with van der Waals surface area (Å²) in [6.07, 6.45) is 3.18. The van der Waals surface area contributed by atoms with Gasteiger partial charge in [-0.15, -0.1) is 11.3 Å². The second-order valence-electron chi connectivity index (χ2n) is 5.03. The zero-order chi connectivity index (χ0) is 15.4. The second-order valence-corrected chi connectivity index (χ2v) is 6.14. The summed E-state index contributed by atoms with van der Waals surface area (Å²) in [6.45, 7) is 0.766. The fraction of sp³-hybridized carbons (Fsp3) is 0.250. The van der Waals surface area contributed by atoms with Crippen LogP contribution in [-0.2, 0) is 11.3 Å². The summed E-state index contributed by atoms with van der Waals surface area (Å²) in [4.78, 5) is 12.7. The molecule has 2 heterocycles. The van der Waals surface area contributed by atoms with Crippen molar-refractivity contribution < 1.29 is 9.90 Å². The van der Waals surface area contributed by atoms with Crippen molar-refractivity contribution in [1.82, 2.24) is 15.1 Å². The van der Waals surface area contributed by atoms with Crippen molar-refractivity contribution in [3.05, 3.63) is 53.7 Å². The first-order valence-electron chi connectivity index (χ1n) is 7.13. The average molecular weight is 315 g/mol. The summed E-state index contributed by atoms with van der Waals surface area (Å²) in [5.41, 5.74) is 0. The molecular formula is C16H17N3O2S. The Bertz CT molecular complexity index is 719. The molecule has 0 fully saturated rings. The molecule has 3 aromatic rings. The lowest BCUT2D eigenvalue weighted by Crippen LogP contribution is -2.28. The van der Waals surface area contributed by atoms with Gasteiger partial charge in [-0.3, -0.25) is 9.48 Å². The molecule has 0 aliphatic rings. The summed E-state index contributed by atoms with van der Waals surface area (Å²) in [7, 11) is 0. The van der Waals surface area contributed by atoms with Crippen molar-refractivity contribution in [1.29, 1.82) is 0 Å². The normalized spacial score (nSPS) is 12.4. The van der Waals surface area contributed by atoms with Crippen LogP contribution >= 0.6 is 11.3 Å². The molecule has 5 nitrogen and oxygen atoms in total. The van der Waals surface area contributed by atoms with E-state index in [0.29, 0.717) is 13.0 Å². The predicted octanol–water partition coefficient (Wildman–Crippen LogP) is 2.34. The molecule has 0 spiro atoms. The first kappa shape index (κ1) is 14.7. The number of aliphatic hydroxyl groups is 1. The van der Waals surface area contributed by atoms with Crippen LogP contribution in [0.3, 0.4) is 0 Å². The number of rotatable bonds is 6. The van der Waals surface area contributed by atoms with Crippen LogP contribution in [0.1, 0.15) is 17.4 Å². The number of nitrogens with zero attached hydrogens (tertiary/aromatic N) is 2. The van der Waals surface area contributed by atoms with E-state index in [1.54, 1.807) is 22.2 Å². The highest BCUT2D eigenvalue weighted by Gasteiger charge is 2.12. The van der Waals surface area contributed by atoms with Gasteiger partial charge in [-0.25, -0.2) is 0 Å². The minimum atomic E-state index is -0.675. The van der Waals surface area contributed by atoms with Crippen molar-refractivity contribution in [3.8, 4) is 0 Å². The fourth-order valence-electron chi connectivity index (χ4n) is 2.21. The first-order valence-corrected chi connectivity index (χ1v) is 7.95. The maximum Gasteiger partial charge on any atom is 0.221 e. The highest BCUT2D eigenvalue weighted by molar-refractivity contribution is 7.19. The van der Waals surface area contributed by atoms with Crippen molar-refractivity contribution >= 4 is 27.3 Å². The standard InChI is InChI=1S/C16H17N3O2S/c20-13(15-10-12-4-1-2-5-14(12)22-15)11-17-16(21)6-9-19-8-3-7-18-19/h1-5,7-8,10,13,20H,6,9,11H2,(H,17,21)/t13-/m0/s1. The van der Waals surface area contributed by atoms with E-state index in [0.717, 1.165) is 15.0 Å². The number of carbonyl (C=O) groups is 1. The van der Waals surface area contributed by atoms with Crippen molar-refractivity contribution in [2.24, 2.45) is 0 Å². The Kier molecular flexibility index (Phi) is 4.50. The quantitative estimate of drug-likeness (QED) is 0.734. The Hall–Kier alpha value is -2.18. The van der Waals surface area contributed by atoms with Gasteiger partial charge in [-0.05, 0) is 23.6 Å². The molecule has 6 heteroatoms. The molecule has 0 aliphatic carbocycles. The molecule has 1 amide bonds. The van der Waals surface area contributed by atoms with Crippen molar-refractivity contribution in [2.75, 3.05) is 6.54 Å². The second kappa shape index (κ2) is 6.72. The van der Waals surface area contributed by atoms with Crippen LogP contribution in [0.5, 0.6) is 0 Å². The number of carbonyl (C=O) groups excluding carboxylic acids is 1. The van der Waals surface area contributed by atoms with Crippen LogP contribution in [0.4, 0.5) is 0 Å². The Balaban J connectivity index is 1.51. The Morgan fingerprint density at radius 3 is 3.00 bits per heavy atom. The Labute approximate surface area is 132 Å². The summed E-state index contributed by atoms with van der Waals surface area (Å²) in [5, 5.41) is 18.1. The third-order valence-corrected chi connectivity index (χ3v) is 4.61. The average Bonchev–Trinajstić information content (AvgIpc) is 3.19. The topological polar surface area (TPSA) is 67.2 Å². The van der Waals surface area contributed by atoms with E-state index >= 15 is 0 Å². The van der Waals surface area contributed by atoms with Crippen LogP contribution in [0.25, 0.3) is 10.1 Å². The van der Waals surface area contributed by atoms with E-state index in [4.69, 9.17) is 0 Å². The summed E-state index contributed by atoms with van der Waals surface area (Å²) < 4.78 is 2.85. The monoisotopic (exact) mass is 315 g/mol. The van der Waals surface area contributed by atoms with E-state index < -0.39 is 6.10 Å². The molecule has 0 bridgehead atoms. The number of aliphatic hydroxyl groups excluding tert-OH is 1. The number of benzene rings is 1. The van der Waals surface area contributed by atoms with Crippen molar-refractivity contribution in [3.63, 3.8) is 0 Å². The third kappa shape index (κ3) is 3.52. The van der Waals surface area contributed by atoms with E-state index in [1.807, 2.05) is 42.6 Å². The number of hydrogen-bond donors (Lipinski definition) is 2. The number of nitrogens with one attached hydrogen (secondary N) is 1. The smallest absolute Gasteiger partial charge is 0.221 e. The van der Waals surface area contributed by atoms with E-state index in [2.05, 4.69) is 10.4 Å². The molecule has 114 valence electrons. The molecule has 22 heavy (non-hydrogen) atoms. The maximum atomic E-state index is 11.8. The van der Waals surface area contributed by atoms with Gasteiger partial charge < -0.3 is 10.4 Å². The summed E-state index contributed by atoms with van der Waals surface area (Å²) in [5.74, 6) is -0.0874. The molecular weight excluding hydrogens is 298 g/mol. The molecule has 1 atom stereocenters. The number of aryl methyl sites for hydroxylation is 1. The number of thiophene rings is 1. The Morgan fingerprint density at radius 1 is 1.36 bits per heavy atom. The first-order chi connectivity index (χ1) is 10.7. The van der Waals surface area contributed by atoms with Gasteiger partial charge in [-0.2, -0.15) is 5.10 Å². The van der Waals surface area contributed by atoms with Crippen LogP contribution in [0, 0.1) is 0 Å². The van der Waals surface area contributed by atoms with Crippen LogP contribution in [0.2, 0.25) is 0 Å². The molecule has 0 saturated heterocycles. The van der Waals surface area contributed by atoms with Gasteiger partial charge in [0.1, 0.15) is 6.10 Å². The van der Waals surface area contributed by atoms with Crippen molar-refractivity contribution in [2.45, 2.75) is 19.1 Å². The van der Waals surface area contributed by atoms with E-state index in [-0.39, 0.29) is 12.5 Å². The minimum absolute atomic E-state index is 0.0874. The number of aromatic nitrogens is 2. The molecule has 0 unspecified atom stereocenters. The minimum Gasteiger partial charge on any atom is -0.386 e. The summed E-state index contributed by atoms with van der Waals surface area (Å²) >= 11 is 1.55. The molecule has 3 rings (SSSR count). The largest absolute Gasteiger partial charge is 0.386 e. The zero-order valence-electron chi connectivity index (χ0n) is 12.0. The SMILES string of the molecule is O=C(CCn1cccn1)NC[C@H](O)c1cc2ccccc2s1. The van der Waals surface area contributed by atoms with Crippen LogP contribution in [0.15, 0.2) is 48.8 Å². The lowest BCUT2D eigenvalue weighted by molar-refractivity contribution is -0.121. The van der Waals surface area contributed by atoms with Gasteiger partial charge in [0.2, 0.25) is 5.91 Å². The molecule has 0 radical (unpaired) electrons. The number of amides is 1. The molecule has 0 aliphatic heterocycles. The van der Waals surface area contributed by atoms with Gasteiger partial charge in [0, 0.05) is 41.5 Å². The lowest BCUT2D eigenvalue weighted by atomic mass is 10.2. The predicted molar refractivity (Wildman–Crippen MR) is 86.6 cm³/mol. The number of fused-ring (bicyclic) bond motifs is 1. The van der Waals surface area contributed by atoms with Gasteiger partial charge in [0.25, 0.3) is 0 Å². The molecule has 2 aromatic heterocycles. The van der Waals surface area contributed by atoms with Gasteiger partial charge in [0.05, 0.1) is 0 Å². The molecule has 1 aromatic carbocycles. The van der Waals surface area contributed by atoms with Gasteiger partial charge in [0.15, 0.2) is 0 Å². The van der Waals surface area contributed by atoms with Crippen LogP contribution < -0.4 is 5.32 Å². The van der Waals surface area contributed by atoms with Gasteiger partial charge >= 0.3 is 0 Å². The lowest BCUT2D eigenvalue weighted by Gasteiger charge is -2.10. The summed E-state index contributed by atoms with van der Waals surface area (Å²) in [6, 6.07) is 11.8. The van der Waals surface area contributed by atoms with E-state index in [9.17, 15) is 9.90 Å². The molecule has 0 saturated carbocycles. The highest BCUT2D eigenvalue weighted by Crippen LogP contribution is 2.29. The maximum absolute atomic E-state index is 11.8. The zero-order valence-corrected chi connectivity index (χ0v) is 12.8. The van der Waals surface area contributed by atoms with Crippen LogP contribution in [-0.4, -0.2) is 27.3 Å². The third-order valence-electron chi connectivity index (χ3n) is 3.39. The highest BCUT2D eigenvalue weighted by atomic mass is 32.1. The molecule has 2 N–H and O–H groups in total. The van der Waals surface area contributed by atoms with Gasteiger partial charge in [-0.1, -0.05) is 18.2 Å². The van der Waals surface area contributed by atoms with E-state index in [1.165, 1.54) is 0 Å².